The van der Waals surface area contributed by atoms with E-state index in [1.807, 2.05) is 0 Å². The molecule has 4 nitrogen and oxygen atoms in total. The Hall–Kier alpha value is -3.00. The van der Waals surface area contributed by atoms with Gasteiger partial charge in [0.05, 0.1) is 0 Å². The molecule has 27 heavy (non-hydrogen) atoms. The van der Waals surface area contributed by atoms with E-state index in [-0.39, 0.29) is 5.56 Å². The summed E-state index contributed by atoms with van der Waals surface area (Å²) in [4.78, 5) is 0. The molecule has 0 aliphatic carbocycles. The van der Waals surface area contributed by atoms with Gasteiger partial charge in [-0.25, -0.2) is 0 Å². The van der Waals surface area contributed by atoms with Crippen LogP contribution in [-0.2, 0) is 10.1 Å². The molecule has 0 saturated heterocycles. The maximum absolute atomic E-state index is 12.8. The van der Waals surface area contributed by atoms with Crippen molar-refractivity contribution in [3.05, 3.63) is 66.7 Å². The van der Waals surface area contributed by atoms with Crippen molar-refractivity contribution >= 4 is 32.1 Å². The van der Waals surface area contributed by atoms with Gasteiger partial charge in [-0.05, 0) is 23.8 Å². The molecule has 0 aliphatic heterocycles. The zero-order valence-electron chi connectivity index (χ0n) is 13.5. The SMILES string of the molecule is O=S(=O)(Oc1ccc2oc3ccccc3c2c1-c1ccccc1)C(F)(F)F. The second kappa shape index (κ2) is 6.02. The van der Waals surface area contributed by atoms with Crippen LogP contribution in [0.15, 0.2) is 71.1 Å². The quantitative estimate of drug-likeness (QED) is 0.342. The molecular formula is C19H11F3O4S. The van der Waals surface area contributed by atoms with Crippen molar-refractivity contribution < 1.29 is 30.2 Å². The fraction of sp³-hybridized carbons (Fsp3) is 0.0526. The first kappa shape index (κ1) is 17.4. The van der Waals surface area contributed by atoms with Crippen LogP contribution in [0.1, 0.15) is 0 Å². The first-order valence-corrected chi connectivity index (χ1v) is 9.19. The number of hydrogen-bond donors (Lipinski definition) is 0. The Balaban J connectivity index is 2.06. The lowest BCUT2D eigenvalue weighted by molar-refractivity contribution is -0.0499. The van der Waals surface area contributed by atoms with E-state index in [0.717, 1.165) is 6.07 Å². The third-order valence-electron chi connectivity index (χ3n) is 4.05. The Morgan fingerprint density at radius 3 is 2.19 bits per heavy atom. The second-order valence-electron chi connectivity index (χ2n) is 5.76. The van der Waals surface area contributed by atoms with Crippen LogP contribution >= 0.6 is 0 Å². The first-order chi connectivity index (χ1) is 12.8. The van der Waals surface area contributed by atoms with Crippen LogP contribution in [0.2, 0.25) is 0 Å². The zero-order chi connectivity index (χ0) is 19.2. The van der Waals surface area contributed by atoms with Gasteiger partial charge in [0.2, 0.25) is 0 Å². The van der Waals surface area contributed by atoms with E-state index in [0.29, 0.717) is 27.5 Å². The van der Waals surface area contributed by atoms with Gasteiger partial charge in [0, 0.05) is 16.3 Å². The van der Waals surface area contributed by atoms with Crippen molar-refractivity contribution in [3.63, 3.8) is 0 Å². The van der Waals surface area contributed by atoms with E-state index in [2.05, 4.69) is 4.18 Å². The van der Waals surface area contributed by atoms with Gasteiger partial charge < -0.3 is 8.60 Å². The van der Waals surface area contributed by atoms with Crippen molar-refractivity contribution in [2.24, 2.45) is 0 Å². The molecule has 0 aliphatic rings. The number of para-hydroxylation sites is 1. The third-order valence-corrected chi connectivity index (χ3v) is 5.02. The van der Waals surface area contributed by atoms with Crippen LogP contribution in [0.25, 0.3) is 33.1 Å². The molecule has 4 rings (SSSR count). The predicted octanol–water partition coefficient (Wildman–Crippen LogP) is 5.48. The number of halogens is 3. The molecule has 3 aromatic carbocycles. The molecular weight excluding hydrogens is 381 g/mol. The van der Waals surface area contributed by atoms with Gasteiger partial charge in [0.25, 0.3) is 0 Å². The van der Waals surface area contributed by atoms with Gasteiger partial charge in [0.15, 0.2) is 5.75 Å². The molecule has 0 fully saturated rings. The van der Waals surface area contributed by atoms with Crippen LogP contribution < -0.4 is 4.18 Å². The summed E-state index contributed by atoms with van der Waals surface area (Å²) in [5.74, 6) is -0.419. The minimum Gasteiger partial charge on any atom is -0.456 e. The van der Waals surface area contributed by atoms with E-state index in [1.54, 1.807) is 54.6 Å². The summed E-state index contributed by atoms with van der Waals surface area (Å²) in [6, 6.07) is 18.0. The fourth-order valence-electron chi connectivity index (χ4n) is 2.92. The fourth-order valence-corrected chi connectivity index (χ4v) is 3.39. The van der Waals surface area contributed by atoms with Crippen LogP contribution in [0.5, 0.6) is 5.75 Å². The average Bonchev–Trinajstić information content (AvgIpc) is 3.00. The van der Waals surface area contributed by atoms with Gasteiger partial charge in [-0.3, -0.25) is 0 Å². The van der Waals surface area contributed by atoms with Crippen LogP contribution in [0.3, 0.4) is 0 Å². The van der Waals surface area contributed by atoms with Crippen molar-refractivity contribution in [3.8, 4) is 16.9 Å². The summed E-state index contributed by atoms with van der Waals surface area (Å²) >= 11 is 0. The molecule has 1 heterocycles. The summed E-state index contributed by atoms with van der Waals surface area (Å²) in [5, 5.41) is 1.12. The van der Waals surface area contributed by atoms with Crippen molar-refractivity contribution in [1.82, 2.24) is 0 Å². The normalized spacial score (nSPS) is 12.6. The highest BCUT2D eigenvalue weighted by Gasteiger charge is 2.49. The molecule has 4 aromatic rings. The summed E-state index contributed by atoms with van der Waals surface area (Å²) in [6.07, 6.45) is 0. The number of furan rings is 1. The summed E-state index contributed by atoms with van der Waals surface area (Å²) in [5.41, 5.74) is -3.88. The molecule has 0 amide bonds. The Kier molecular flexibility index (Phi) is 3.88. The Bertz CT molecular complexity index is 1240. The summed E-state index contributed by atoms with van der Waals surface area (Å²) in [6.45, 7) is 0. The maximum Gasteiger partial charge on any atom is 0.534 e. The summed E-state index contributed by atoms with van der Waals surface area (Å²) in [7, 11) is -5.82. The van der Waals surface area contributed by atoms with Crippen LogP contribution in [0.4, 0.5) is 13.2 Å². The Morgan fingerprint density at radius 2 is 1.48 bits per heavy atom. The van der Waals surface area contributed by atoms with Crippen LogP contribution in [0, 0.1) is 0 Å². The topological polar surface area (TPSA) is 56.5 Å². The van der Waals surface area contributed by atoms with E-state index >= 15 is 0 Å². The molecule has 0 atom stereocenters. The van der Waals surface area contributed by atoms with Crippen molar-refractivity contribution in [1.29, 1.82) is 0 Å². The Morgan fingerprint density at radius 1 is 0.815 bits per heavy atom. The van der Waals surface area contributed by atoms with E-state index < -0.39 is 21.4 Å². The molecule has 8 heteroatoms. The minimum atomic E-state index is -5.82. The van der Waals surface area contributed by atoms with Gasteiger partial charge in [0.1, 0.15) is 11.2 Å². The zero-order valence-corrected chi connectivity index (χ0v) is 14.3. The van der Waals surface area contributed by atoms with Gasteiger partial charge in [-0.15, -0.1) is 0 Å². The predicted molar refractivity (Wildman–Crippen MR) is 94.8 cm³/mol. The molecule has 0 unspecified atom stereocenters. The summed E-state index contributed by atoms with van der Waals surface area (Å²) < 4.78 is 71.9. The van der Waals surface area contributed by atoms with Gasteiger partial charge >= 0.3 is 15.6 Å². The highest BCUT2D eigenvalue weighted by molar-refractivity contribution is 7.88. The lowest BCUT2D eigenvalue weighted by Gasteiger charge is -2.14. The molecule has 0 N–H and O–H groups in total. The third kappa shape index (κ3) is 2.91. The first-order valence-electron chi connectivity index (χ1n) is 7.78. The maximum atomic E-state index is 12.8. The monoisotopic (exact) mass is 392 g/mol. The highest BCUT2D eigenvalue weighted by atomic mass is 32.2. The minimum absolute atomic E-state index is 0.214. The van der Waals surface area contributed by atoms with Crippen molar-refractivity contribution in [2.45, 2.75) is 5.51 Å². The molecule has 0 bridgehead atoms. The molecule has 0 radical (unpaired) electrons. The number of fused-ring (bicyclic) bond motifs is 3. The molecule has 0 saturated carbocycles. The molecule has 0 spiro atoms. The largest absolute Gasteiger partial charge is 0.534 e. The molecule has 138 valence electrons. The number of rotatable bonds is 3. The van der Waals surface area contributed by atoms with Gasteiger partial charge in [-0.2, -0.15) is 21.6 Å². The number of alkyl halides is 3. The second-order valence-corrected chi connectivity index (χ2v) is 7.30. The lowest BCUT2D eigenvalue weighted by Crippen LogP contribution is -2.28. The lowest BCUT2D eigenvalue weighted by atomic mass is 9.98. The molecule has 1 aromatic heterocycles. The Labute approximate surface area is 151 Å². The van der Waals surface area contributed by atoms with E-state index in [4.69, 9.17) is 4.42 Å². The van der Waals surface area contributed by atoms with Crippen LogP contribution in [-0.4, -0.2) is 13.9 Å². The van der Waals surface area contributed by atoms with Crippen molar-refractivity contribution in [2.75, 3.05) is 0 Å². The van der Waals surface area contributed by atoms with Gasteiger partial charge in [-0.1, -0.05) is 48.5 Å². The number of hydrogen-bond acceptors (Lipinski definition) is 4. The standard InChI is InChI=1S/C19H11F3O4S/c20-19(21,22)27(23,24)26-16-11-10-15-18(13-8-4-5-9-14(13)25-15)17(16)12-6-2-1-3-7-12/h1-11H. The van der Waals surface area contributed by atoms with E-state index in [1.165, 1.54) is 6.07 Å². The highest BCUT2D eigenvalue weighted by Crippen LogP contribution is 2.43. The smallest absolute Gasteiger partial charge is 0.456 e. The van der Waals surface area contributed by atoms with E-state index in [9.17, 15) is 21.6 Å². The average molecular weight is 392 g/mol. The number of benzene rings is 3.